The Balaban J connectivity index is 0.00000256. The zero-order valence-electron chi connectivity index (χ0n) is 8.88. The van der Waals surface area contributed by atoms with Crippen molar-refractivity contribution in [3.63, 3.8) is 0 Å². The lowest BCUT2D eigenvalue weighted by molar-refractivity contribution is -0.141. The van der Waals surface area contributed by atoms with Gasteiger partial charge in [0, 0.05) is 11.6 Å². The van der Waals surface area contributed by atoms with Crippen molar-refractivity contribution in [1.29, 1.82) is 0 Å². The van der Waals surface area contributed by atoms with E-state index >= 15 is 0 Å². The standard InChI is InChI=1S/C10H10F3NO2.ClH/c1-16-8(15)4-7(14)9-5(11)2-3-6(12)10(9)13;/h2-3,7H,4,14H2,1H3;1H/t7-;/m0./s1. The Morgan fingerprint density at radius 3 is 2.41 bits per heavy atom. The third kappa shape index (κ3) is 3.61. The number of esters is 1. The van der Waals surface area contributed by atoms with E-state index in [2.05, 4.69) is 4.74 Å². The molecule has 1 aromatic carbocycles. The van der Waals surface area contributed by atoms with Gasteiger partial charge < -0.3 is 10.5 Å². The molecule has 0 aliphatic carbocycles. The minimum atomic E-state index is -1.38. The molecule has 0 fully saturated rings. The van der Waals surface area contributed by atoms with Gasteiger partial charge in [-0.3, -0.25) is 4.79 Å². The number of hydrogen-bond donors (Lipinski definition) is 1. The molecule has 2 N–H and O–H groups in total. The van der Waals surface area contributed by atoms with E-state index < -0.39 is 41.4 Å². The zero-order chi connectivity index (χ0) is 12.3. The normalized spacial score (nSPS) is 11.6. The fraction of sp³-hybridized carbons (Fsp3) is 0.300. The van der Waals surface area contributed by atoms with Crippen molar-refractivity contribution in [3.05, 3.63) is 35.1 Å². The summed E-state index contributed by atoms with van der Waals surface area (Å²) >= 11 is 0. The average molecular weight is 270 g/mol. The molecule has 96 valence electrons. The molecule has 0 aromatic heterocycles. The van der Waals surface area contributed by atoms with E-state index in [1.54, 1.807) is 0 Å². The maximum atomic E-state index is 13.2. The molecule has 1 atom stereocenters. The summed E-state index contributed by atoms with van der Waals surface area (Å²) in [5.74, 6) is -4.31. The van der Waals surface area contributed by atoms with Crippen molar-refractivity contribution in [2.24, 2.45) is 5.73 Å². The molecule has 0 unspecified atom stereocenters. The number of rotatable bonds is 3. The molecule has 0 radical (unpaired) electrons. The van der Waals surface area contributed by atoms with Gasteiger partial charge in [-0.15, -0.1) is 12.4 Å². The topological polar surface area (TPSA) is 52.3 Å². The van der Waals surface area contributed by atoms with Gasteiger partial charge in [0.05, 0.1) is 13.5 Å². The van der Waals surface area contributed by atoms with Gasteiger partial charge in [0.2, 0.25) is 0 Å². The van der Waals surface area contributed by atoms with Gasteiger partial charge in [-0.25, -0.2) is 13.2 Å². The molecular formula is C10H11ClF3NO2. The molecule has 1 aromatic rings. The van der Waals surface area contributed by atoms with E-state index in [-0.39, 0.29) is 12.4 Å². The summed E-state index contributed by atoms with van der Waals surface area (Å²) in [5.41, 5.74) is 4.75. The largest absolute Gasteiger partial charge is 0.469 e. The van der Waals surface area contributed by atoms with Crippen LogP contribution in [0, 0.1) is 17.5 Å². The maximum absolute atomic E-state index is 13.2. The number of halogens is 4. The van der Waals surface area contributed by atoms with Crippen LogP contribution in [0.2, 0.25) is 0 Å². The second-order valence-electron chi connectivity index (χ2n) is 3.14. The van der Waals surface area contributed by atoms with Crippen LogP contribution in [-0.2, 0) is 9.53 Å². The number of carbonyl (C=O) groups excluding carboxylic acids is 1. The molecule has 0 aliphatic heterocycles. The highest BCUT2D eigenvalue weighted by molar-refractivity contribution is 5.85. The second-order valence-corrected chi connectivity index (χ2v) is 3.14. The summed E-state index contributed by atoms with van der Waals surface area (Å²) in [4.78, 5) is 10.9. The predicted molar refractivity (Wildman–Crippen MR) is 57.1 cm³/mol. The van der Waals surface area contributed by atoms with E-state index in [0.717, 1.165) is 13.2 Å². The molecule has 0 heterocycles. The number of carbonyl (C=O) groups is 1. The smallest absolute Gasteiger partial charge is 0.307 e. The molecule has 1 rings (SSSR count). The first-order valence-corrected chi connectivity index (χ1v) is 4.43. The van der Waals surface area contributed by atoms with Gasteiger partial charge in [-0.1, -0.05) is 0 Å². The lowest BCUT2D eigenvalue weighted by Crippen LogP contribution is -2.19. The number of hydrogen-bond acceptors (Lipinski definition) is 3. The Hall–Kier alpha value is -1.27. The van der Waals surface area contributed by atoms with Crippen molar-refractivity contribution < 1.29 is 22.7 Å². The van der Waals surface area contributed by atoms with E-state index in [4.69, 9.17) is 5.73 Å². The Bertz CT molecular complexity index is 415. The highest BCUT2D eigenvalue weighted by Crippen LogP contribution is 2.23. The molecule has 0 bridgehead atoms. The van der Waals surface area contributed by atoms with Gasteiger partial charge in [-0.2, -0.15) is 0 Å². The molecule has 0 aliphatic rings. The first-order chi connectivity index (χ1) is 7.47. The van der Waals surface area contributed by atoms with Crippen LogP contribution < -0.4 is 5.73 Å². The van der Waals surface area contributed by atoms with Crippen LogP contribution in [0.15, 0.2) is 12.1 Å². The van der Waals surface area contributed by atoms with Crippen molar-refractivity contribution in [2.75, 3.05) is 7.11 Å². The minimum absolute atomic E-state index is 0. The van der Waals surface area contributed by atoms with Crippen LogP contribution in [0.3, 0.4) is 0 Å². The van der Waals surface area contributed by atoms with Crippen LogP contribution >= 0.6 is 12.4 Å². The van der Waals surface area contributed by atoms with Crippen LogP contribution in [0.5, 0.6) is 0 Å². The lowest BCUT2D eigenvalue weighted by Gasteiger charge is -2.12. The molecular weight excluding hydrogens is 259 g/mol. The summed E-state index contributed by atoms with van der Waals surface area (Å²) in [6.07, 6.45) is -0.423. The molecule has 0 spiro atoms. The summed E-state index contributed by atoms with van der Waals surface area (Å²) in [6.45, 7) is 0. The predicted octanol–water partition coefficient (Wildman–Crippen LogP) is 2.09. The monoisotopic (exact) mass is 269 g/mol. The Labute approximate surface area is 102 Å². The first-order valence-electron chi connectivity index (χ1n) is 4.43. The molecule has 3 nitrogen and oxygen atoms in total. The van der Waals surface area contributed by atoms with Gasteiger partial charge in [0.15, 0.2) is 11.6 Å². The van der Waals surface area contributed by atoms with Gasteiger partial charge in [0.1, 0.15) is 5.82 Å². The molecule has 0 saturated heterocycles. The van der Waals surface area contributed by atoms with Crippen LogP contribution in [0.4, 0.5) is 13.2 Å². The summed E-state index contributed by atoms with van der Waals surface area (Å²) in [6, 6.07) is 0.132. The van der Waals surface area contributed by atoms with E-state index in [1.165, 1.54) is 0 Å². The van der Waals surface area contributed by atoms with Crippen LogP contribution in [-0.4, -0.2) is 13.1 Å². The van der Waals surface area contributed by atoms with Gasteiger partial charge in [0.25, 0.3) is 0 Å². The summed E-state index contributed by atoms with van der Waals surface area (Å²) in [7, 11) is 1.12. The number of benzene rings is 1. The number of methoxy groups -OCH3 is 1. The Morgan fingerprint density at radius 2 is 1.88 bits per heavy atom. The molecule has 0 amide bonds. The number of nitrogens with two attached hydrogens (primary N) is 1. The summed E-state index contributed by atoms with van der Waals surface area (Å²) in [5, 5.41) is 0. The second kappa shape index (κ2) is 6.46. The van der Waals surface area contributed by atoms with E-state index in [1.807, 2.05) is 0 Å². The highest BCUT2D eigenvalue weighted by atomic mass is 35.5. The third-order valence-electron chi connectivity index (χ3n) is 2.06. The van der Waals surface area contributed by atoms with Gasteiger partial charge >= 0.3 is 5.97 Å². The van der Waals surface area contributed by atoms with Crippen molar-refractivity contribution in [3.8, 4) is 0 Å². The maximum Gasteiger partial charge on any atom is 0.307 e. The van der Waals surface area contributed by atoms with E-state index in [9.17, 15) is 18.0 Å². The van der Waals surface area contributed by atoms with Crippen molar-refractivity contribution in [1.82, 2.24) is 0 Å². The fourth-order valence-electron chi connectivity index (χ4n) is 1.25. The van der Waals surface area contributed by atoms with Crippen molar-refractivity contribution >= 4 is 18.4 Å². The Morgan fingerprint density at radius 1 is 1.35 bits per heavy atom. The average Bonchev–Trinajstić information content (AvgIpc) is 2.24. The fourth-order valence-corrected chi connectivity index (χ4v) is 1.25. The minimum Gasteiger partial charge on any atom is -0.469 e. The van der Waals surface area contributed by atoms with Crippen LogP contribution in [0.25, 0.3) is 0 Å². The number of ether oxygens (including phenoxy) is 1. The van der Waals surface area contributed by atoms with E-state index in [0.29, 0.717) is 6.07 Å². The van der Waals surface area contributed by atoms with Crippen molar-refractivity contribution in [2.45, 2.75) is 12.5 Å². The third-order valence-corrected chi connectivity index (χ3v) is 2.06. The van der Waals surface area contributed by atoms with Gasteiger partial charge in [-0.05, 0) is 12.1 Å². The molecule has 7 heteroatoms. The highest BCUT2D eigenvalue weighted by Gasteiger charge is 2.22. The first kappa shape index (κ1) is 15.7. The molecule has 17 heavy (non-hydrogen) atoms. The summed E-state index contributed by atoms with van der Waals surface area (Å²) < 4.78 is 43.5. The Kier molecular flexibility index (Phi) is 5.98. The quantitative estimate of drug-likeness (QED) is 0.675. The lowest BCUT2D eigenvalue weighted by atomic mass is 10.0. The molecule has 0 saturated carbocycles. The SMILES string of the molecule is COC(=O)C[C@H](N)c1c(F)ccc(F)c1F.Cl. The zero-order valence-corrected chi connectivity index (χ0v) is 9.69. The van der Waals surface area contributed by atoms with Crippen LogP contribution in [0.1, 0.15) is 18.0 Å².